The van der Waals surface area contributed by atoms with Crippen molar-refractivity contribution in [2.75, 3.05) is 33.5 Å². The van der Waals surface area contributed by atoms with E-state index < -0.39 is 11.8 Å². The zero-order valence-corrected chi connectivity index (χ0v) is 15.8. The minimum absolute atomic E-state index is 0.168. The number of nitrogens with zero attached hydrogens (tertiary/aromatic N) is 4. The maximum atomic E-state index is 13.0. The van der Waals surface area contributed by atoms with Gasteiger partial charge in [0.15, 0.2) is 11.4 Å². The van der Waals surface area contributed by atoms with Crippen molar-refractivity contribution in [1.29, 1.82) is 0 Å². The van der Waals surface area contributed by atoms with Gasteiger partial charge in [0.05, 0.1) is 12.4 Å². The quantitative estimate of drug-likeness (QED) is 0.822. The van der Waals surface area contributed by atoms with Gasteiger partial charge in [0.2, 0.25) is 0 Å². The molecule has 1 saturated carbocycles. The summed E-state index contributed by atoms with van der Waals surface area (Å²) in [5.41, 5.74) is -1.39. The molecule has 1 fully saturated rings. The van der Waals surface area contributed by atoms with Crippen molar-refractivity contribution >= 4 is 5.84 Å². The zero-order chi connectivity index (χ0) is 19.1. The SMILES string of the molecule is CC(C)CN1CN=C2C1=CN(CC1CCC(O)(C(F)(F)F)CC1)CN2C. The number of alkyl halides is 3. The van der Waals surface area contributed by atoms with Crippen LogP contribution in [0, 0.1) is 11.8 Å². The number of amidine groups is 1. The first-order chi connectivity index (χ1) is 12.1. The molecule has 0 spiro atoms. The second kappa shape index (κ2) is 6.94. The fourth-order valence-corrected chi connectivity index (χ4v) is 4.12. The number of aliphatic imine (C=N–C) groups is 1. The predicted molar refractivity (Wildman–Crippen MR) is 94.2 cm³/mol. The van der Waals surface area contributed by atoms with Crippen LogP contribution in [-0.2, 0) is 0 Å². The van der Waals surface area contributed by atoms with Gasteiger partial charge < -0.3 is 19.8 Å². The first-order valence-corrected chi connectivity index (χ1v) is 9.35. The lowest BCUT2D eigenvalue weighted by Crippen LogP contribution is -2.49. The van der Waals surface area contributed by atoms with E-state index in [1.54, 1.807) is 0 Å². The predicted octanol–water partition coefficient (Wildman–Crippen LogP) is 2.84. The average Bonchev–Trinajstić information content (AvgIpc) is 2.91. The Balaban J connectivity index is 1.62. The third-order valence-corrected chi connectivity index (χ3v) is 5.56. The minimum Gasteiger partial charge on any atom is -0.380 e. The second-order valence-corrected chi connectivity index (χ2v) is 8.34. The maximum Gasteiger partial charge on any atom is 0.417 e. The summed E-state index contributed by atoms with van der Waals surface area (Å²) >= 11 is 0. The molecule has 0 unspecified atom stereocenters. The average molecular weight is 374 g/mol. The Morgan fingerprint density at radius 1 is 1.31 bits per heavy atom. The third kappa shape index (κ3) is 3.80. The van der Waals surface area contributed by atoms with Crippen LogP contribution in [0.1, 0.15) is 39.5 Å². The van der Waals surface area contributed by atoms with Gasteiger partial charge >= 0.3 is 6.18 Å². The van der Waals surface area contributed by atoms with Gasteiger partial charge in [-0.05, 0) is 37.5 Å². The van der Waals surface area contributed by atoms with E-state index in [2.05, 4.69) is 39.7 Å². The third-order valence-electron chi connectivity index (χ3n) is 5.56. The fourth-order valence-electron chi connectivity index (χ4n) is 4.12. The van der Waals surface area contributed by atoms with E-state index in [1.807, 2.05) is 7.05 Å². The number of hydrogen-bond donors (Lipinski definition) is 1. The minimum atomic E-state index is -4.53. The molecule has 1 N–H and O–H groups in total. The number of hydrogen-bond acceptors (Lipinski definition) is 5. The monoisotopic (exact) mass is 374 g/mol. The summed E-state index contributed by atoms with van der Waals surface area (Å²) < 4.78 is 38.9. The highest BCUT2D eigenvalue weighted by Crippen LogP contribution is 2.43. The summed E-state index contributed by atoms with van der Waals surface area (Å²) in [6.45, 7) is 7.35. The summed E-state index contributed by atoms with van der Waals surface area (Å²) in [6.07, 6.45) is -2.02. The van der Waals surface area contributed by atoms with E-state index >= 15 is 0 Å². The standard InChI is InChI=1S/C18H29F3N4O/c1-13(2)8-25-11-22-16-15(25)10-24(12-23(16)3)9-14-4-6-17(26,7-5-14)18(19,20)21/h10,13-14,26H,4-9,11-12H2,1-3H3. The van der Waals surface area contributed by atoms with Crippen molar-refractivity contribution in [3.63, 3.8) is 0 Å². The molecule has 0 bridgehead atoms. The molecule has 2 aliphatic heterocycles. The fraction of sp³-hybridized carbons (Fsp3) is 0.833. The molecular weight excluding hydrogens is 345 g/mol. The summed E-state index contributed by atoms with van der Waals surface area (Å²) in [4.78, 5) is 11.1. The van der Waals surface area contributed by atoms with Crippen molar-refractivity contribution in [3.05, 3.63) is 11.9 Å². The van der Waals surface area contributed by atoms with Crippen molar-refractivity contribution < 1.29 is 18.3 Å². The molecule has 3 aliphatic rings. The zero-order valence-electron chi connectivity index (χ0n) is 15.8. The maximum absolute atomic E-state index is 13.0. The Bertz CT molecular complexity index is 579. The van der Waals surface area contributed by atoms with Crippen LogP contribution in [0.2, 0.25) is 0 Å². The topological polar surface area (TPSA) is 42.3 Å². The molecule has 2 heterocycles. The van der Waals surface area contributed by atoms with E-state index in [-0.39, 0.29) is 18.8 Å². The van der Waals surface area contributed by atoms with Gasteiger partial charge in [-0.25, -0.2) is 4.99 Å². The van der Waals surface area contributed by atoms with E-state index in [0.29, 0.717) is 38.6 Å². The second-order valence-electron chi connectivity index (χ2n) is 8.34. The molecule has 0 atom stereocenters. The molecule has 0 amide bonds. The molecule has 0 aromatic carbocycles. The van der Waals surface area contributed by atoms with Crippen LogP contribution in [0.5, 0.6) is 0 Å². The van der Waals surface area contributed by atoms with Crippen LogP contribution in [0.3, 0.4) is 0 Å². The number of fused-ring (bicyclic) bond motifs is 1. The number of halogens is 3. The molecule has 0 radical (unpaired) electrons. The van der Waals surface area contributed by atoms with Crippen molar-refractivity contribution in [3.8, 4) is 0 Å². The number of rotatable bonds is 4. The van der Waals surface area contributed by atoms with Gasteiger partial charge in [0.1, 0.15) is 6.67 Å². The molecule has 0 saturated heterocycles. The lowest BCUT2D eigenvalue weighted by Gasteiger charge is -2.41. The van der Waals surface area contributed by atoms with Crippen LogP contribution in [0.25, 0.3) is 0 Å². The highest BCUT2D eigenvalue weighted by atomic mass is 19.4. The smallest absolute Gasteiger partial charge is 0.380 e. The van der Waals surface area contributed by atoms with Gasteiger partial charge in [-0.15, -0.1) is 0 Å². The van der Waals surface area contributed by atoms with E-state index in [0.717, 1.165) is 18.1 Å². The number of likely N-dealkylation sites (N-methyl/N-ethyl adjacent to an activating group) is 1. The normalized spacial score (nSPS) is 29.8. The Kier molecular flexibility index (Phi) is 5.16. The van der Waals surface area contributed by atoms with E-state index in [9.17, 15) is 18.3 Å². The molecule has 0 aromatic heterocycles. The molecule has 1 aliphatic carbocycles. The Morgan fingerprint density at radius 3 is 2.54 bits per heavy atom. The summed E-state index contributed by atoms with van der Waals surface area (Å²) in [5.74, 6) is 1.70. The first-order valence-electron chi connectivity index (χ1n) is 9.35. The highest BCUT2D eigenvalue weighted by molar-refractivity contribution is 5.99. The van der Waals surface area contributed by atoms with Crippen LogP contribution >= 0.6 is 0 Å². The largest absolute Gasteiger partial charge is 0.417 e. The van der Waals surface area contributed by atoms with Crippen LogP contribution in [0.15, 0.2) is 16.9 Å². The van der Waals surface area contributed by atoms with Crippen LogP contribution < -0.4 is 0 Å². The molecule has 26 heavy (non-hydrogen) atoms. The molecule has 8 heteroatoms. The Labute approximate surface area is 153 Å². The summed E-state index contributed by atoms with van der Waals surface area (Å²) in [7, 11) is 2.00. The molecular formula is C18H29F3N4O. The van der Waals surface area contributed by atoms with E-state index in [4.69, 9.17) is 0 Å². The van der Waals surface area contributed by atoms with E-state index in [1.165, 1.54) is 0 Å². The van der Waals surface area contributed by atoms with Gasteiger partial charge in [-0.3, -0.25) is 0 Å². The summed E-state index contributed by atoms with van der Waals surface area (Å²) in [6, 6.07) is 0. The highest BCUT2D eigenvalue weighted by Gasteiger charge is 2.54. The van der Waals surface area contributed by atoms with Gasteiger partial charge in [0, 0.05) is 26.3 Å². The van der Waals surface area contributed by atoms with Crippen LogP contribution in [0.4, 0.5) is 13.2 Å². The lowest BCUT2D eigenvalue weighted by atomic mass is 9.78. The molecule has 3 rings (SSSR count). The van der Waals surface area contributed by atoms with Crippen molar-refractivity contribution in [1.82, 2.24) is 14.7 Å². The molecule has 148 valence electrons. The molecule has 5 nitrogen and oxygen atoms in total. The Morgan fingerprint density at radius 2 is 1.96 bits per heavy atom. The van der Waals surface area contributed by atoms with Crippen LogP contribution in [-0.4, -0.2) is 70.9 Å². The van der Waals surface area contributed by atoms with Gasteiger partial charge in [-0.1, -0.05) is 13.8 Å². The number of aliphatic hydroxyl groups is 1. The first kappa shape index (κ1) is 19.3. The van der Waals surface area contributed by atoms with Gasteiger partial charge in [-0.2, -0.15) is 13.2 Å². The van der Waals surface area contributed by atoms with Gasteiger partial charge in [0.25, 0.3) is 0 Å². The lowest BCUT2D eigenvalue weighted by molar-refractivity contribution is -0.272. The van der Waals surface area contributed by atoms with Crippen molar-refractivity contribution in [2.45, 2.75) is 51.3 Å². The van der Waals surface area contributed by atoms with Crippen molar-refractivity contribution in [2.24, 2.45) is 16.8 Å². The molecule has 0 aromatic rings. The summed E-state index contributed by atoms with van der Waals surface area (Å²) in [5, 5.41) is 9.83. The Hall–Kier alpha value is -1.44.